The highest BCUT2D eigenvalue weighted by molar-refractivity contribution is 9.10. The summed E-state index contributed by atoms with van der Waals surface area (Å²) in [5.74, 6) is 0. The summed E-state index contributed by atoms with van der Waals surface area (Å²) in [7, 11) is -1.52. The predicted molar refractivity (Wildman–Crippen MR) is 85.5 cm³/mol. The number of rotatable bonds is 3. The monoisotopic (exact) mass is 376 g/mol. The van der Waals surface area contributed by atoms with Crippen LogP contribution >= 0.6 is 15.9 Å². The van der Waals surface area contributed by atoms with Gasteiger partial charge in [0.15, 0.2) is 0 Å². The second-order valence-electron chi connectivity index (χ2n) is 6.00. The number of aliphatic hydroxyl groups excluding tert-OH is 1. The van der Waals surface area contributed by atoms with Crippen molar-refractivity contribution in [3.8, 4) is 0 Å². The molecular formula is C14H21BrN2O3S. The van der Waals surface area contributed by atoms with Crippen LogP contribution in [0, 0.1) is 0 Å². The van der Waals surface area contributed by atoms with E-state index in [4.69, 9.17) is 5.11 Å². The van der Waals surface area contributed by atoms with Crippen LogP contribution in [-0.4, -0.2) is 55.0 Å². The minimum absolute atomic E-state index is 0.111. The van der Waals surface area contributed by atoms with E-state index in [1.807, 2.05) is 20.9 Å². The summed E-state index contributed by atoms with van der Waals surface area (Å²) in [4.78, 5) is 2.42. The largest absolute Gasteiger partial charge is 0.392 e. The van der Waals surface area contributed by atoms with Crippen molar-refractivity contribution >= 4 is 26.0 Å². The zero-order valence-electron chi connectivity index (χ0n) is 12.5. The first-order valence-corrected chi connectivity index (χ1v) is 9.02. The number of aliphatic hydroxyl groups is 1. The standard InChI is InChI=1S/C14H21BrN2O3S/c1-14(2)10-17(7-6-16(14)3)21(19,20)13-5-4-11(9-18)8-12(13)15/h4-5,8,18H,6-7,9-10H2,1-3H3. The van der Waals surface area contributed by atoms with Crippen molar-refractivity contribution in [3.05, 3.63) is 28.2 Å². The summed E-state index contributed by atoms with van der Waals surface area (Å²) in [6.45, 7) is 5.62. The van der Waals surface area contributed by atoms with Crippen LogP contribution in [0.25, 0.3) is 0 Å². The van der Waals surface area contributed by atoms with Crippen LogP contribution in [0.2, 0.25) is 0 Å². The van der Waals surface area contributed by atoms with E-state index in [1.165, 1.54) is 4.31 Å². The Bertz CT molecular complexity index is 631. The SMILES string of the molecule is CN1CCN(S(=O)(=O)c2ccc(CO)cc2Br)CC1(C)C. The average molecular weight is 377 g/mol. The summed E-state index contributed by atoms with van der Waals surface area (Å²) in [5.41, 5.74) is 0.488. The number of hydrogen-bond donors (Lipinski definition) is 1. The van der Waals surface area contributed by atoms with Gasteiger partial charge >= 0.3 is 0 Å². The van der Waals surface area contributed by atoms with Gasteiger partial charge in [-0.3, -0.25) is 4.90 Å². The van der Waals surface area contributed by atoms with Gasteiger partial charge in [0.1, 0.15) is 0 Å². The molecule has 1 heterocycles. The predicted octanol–water partition coefficient (Wildman–Crippen LogP) is 1.66. The molecule has 0 unspecified atom stereocenters. The molecule has 1 fully saturated rings. The summed E-state index contributed by atoms with van der Waals surface area (Å²) >= 11 is 3.30. The van der Waals surface area contributed by atoms with Crippen LogP contribution in [-0.2, 0) is 16.6 Å². The molecule has 0 spiro atoms. The van der Waals surface area contributed by atoms with Gasteiger partial charge in [-0.2, -0.15) is 4.31 Å². The lowest BCUT2D eigenvalue weighted by Crippen LogP contribution is -2.58. The highest BCUT2D eigenvalue weighted by Crippen LogP contribution is 2.29. The van der Waals surface area contributed by atoms with Crippen molar-refractivity contribution < 1.29 is 13.5 Å². The maximum atomic E-state index is 12.8. The van der Waals surface area contributed by atoms with Crippen molar-refractivity contribution in [3.63, 3.8) is 0 Å². The summed E-state index contributed by atoms with van der Waals surface area (Å²) in [6, 6.07) is 4.84. The van der Waals surface area contributed by atoms with Gasteiger partial charge in [0.2, 0.25) is 10.0 Å². The zero-order valence-corrected chi connectivity index (χ0v) is 14.9. The lowest BCUT2D eigenvalue weighted by Gasteiger charge is -2.44. The highest BCUT2D eigenvalue weighted by Gasteiger charge is 2.37. The molecule has 0 bridgehead atoms. The number of sulfonamides is 1. The maximum absolute atomic E-state index is 12.8. The molecule has 21 heavy (non-hydrogen) atoms. The quantitative estimate of drug-likeness (QED) is 0.871. The van der Waals surface area contributed by atoms with Crippen molar-refractivity contribution in [2.24, 2.45) is 0 Å². The molecule has 1 aliphatic rings. The first-order chi connectivity index (χ1) is 9.68. The molecule has 0 amide bonds. The maximum Gasteiger partial charge on any atom is 0.244 e. The Morgan fingerprint density at radius 3 is 2.52 bits per heavy atom. The normalized spacial score (nSPS) is 20.6. The Morgan fingerprint density at radius 2 is 2.00 bits per heavy atom. The minimum Gasteiger partial charge on any atom is -0.392 e. The molecule has 1 saturated heterocycles. The Kier molecular flexibility index (Phi) is 4.80. The lowest BCUT2D eigenvalue weighted by atomic mass is 10.0. The van der Waals surface area contributed by atoms with Crippen LogP contribution < -0.4 is 0 Å². The van der Waals surface area contributed by atoms with E-state index >= 15 is 0 Å². The van der Waals surface area contributed by atoms with Gasteiger partial charge in [0, 0.05) is 29.6 Å². The number of likely N-dealkylation sites (N-methyl/N-ethyl adjacent to an activating group) is 1. The van der Waals surface area contributed by atoms with E-state index < -0.39 is 10.0 Å². The van der Waals surface area contributed by atoms with Gasteiger partial charge in [-0.05, 0) is 54.5 Å². The average Bonchev–Trinajstić information content (AvgIpc) is 2.41. The van der Waals surface area contributed by atoms with Gasteiger partial charge < -0.3 is 5.11 Å². The molecule has 5 nitrogen and oxygen atoms in total. The molecule has 0 aromatic heterocycles. The fourth-order valence-corrected chi connectivity index (χ4v) is 5.06. The van der Waals surface area contributed by atoms with Crippen molar-refractivity contribution in [2.75, 3.05) is 26.7 Å². The molecular weight excluding hydrogens is 356 g/mol. The summed E-state index contributed by atoms with van der Waals surface area (Å²) < 4.78 is 27.7. The lowest BCUT2D eigenvalue weighted by molar-refractivity contribution is 0.0801. The van der Waals surface area contributed by atoms with Crippen molar-refractivity contribution in [2.45, 2.75) is 30.9 Å². The van der Waals surface area contributed by atoms with Crippen LogP contribution in [0.4, 0.5) is 0 Å². The smallest absolute Gasteiger partial charge is 0.244 e. The number of benzene rings is 1. The molecule has 118 valence electrons. The molecule has 7 heteroatoms. The van der Waals surface area contributed by atoms with E-state index in [-0.39, 0.29) is 17.0 Å². The van der Waals surface area contributed by atoms with Gasteiger partial charge in [-0.15, -0.1) is 0 Å². The highest BCUT2D eigenvalue weighted by atomic mass is 79.9. The third-order valence-electron chi connectivity index (χ3n) is 4.08. The van der Waals surface area contributed by atoms with Crippen LogP contribution in [0.15, 0.2) is 27.6 Å². The molecule has 1 aromatic rings. The Balaban J connectivity index is 2.35. The van der Waals surface area contributed by atoms with E-state index in [9.17, 15) is 8.42 Å². The molecule has 0 saturated carbocycles. The first-order valence-electron chi connectivity index (χ1n) is 6.79. The third-order valence-corrected chi connectivity index (χ3v) is 6.90. The number of piperazine rings is 1. The third kappa shape index (κ3) is 3.32. The van der Waals surface area contributed by atoms with Gasteiger partial charge in [0.05, 0.1) is 11.5 Å². The van der Waals surface area contributed by atoms with Crippen molar-refractivity contribution in [1.82, 2.24) is 9.21 Å². The number of nitrogens with zero attached hydrogens (tertiary/aromatic N) is 2. The second-order valence-corrected chi connectivity index (χ2v) is 8.76. The fraction of sp³-hybridized carbons (Fsp3) is 0.571. The zero-order chi connectivity index (χ0) is 15.8. The molecule has 0 radical (unpaired) electrons. The molecule has 2 rings (SSSR count). The van der Waals surface area contributed by atoms with Gasteiger partial charge in [-0.25, -0.2) is 8.42 Å². The Hall–Kier alpha value is -0.470. The Morgan fingerprint density at radius 1 is 1.33 bits per heavy atom. The summed E-state index contributed by atoms with van der Waals surface area (Å²) in [6.07, 6.45) is 0. The van der Waals surface area contributed by atoms with Crippen LogP contribution in [0.3, 0.4) is 0 Å². The molecule has 1 aliphatic heterocycles. The van der Waals surface area contributed by atoms with E-state index in [1.54, 1.807) is 18.2 Å². The molecule has 0 aliphatic carbocycles. The molecule has 0 atom stereocenters. The van der Waals surface area contributed by atoms with Crippen molar-refractivity contribution in [1.29, 1.82) is 0 Å². The minimum atomic E-state index is -3.53. The second kappa shape index (κ2) is 5.96. The first kappa shape index (κ1) is 16.9. The van der Waals surface area contributed by atoms with E-state index in [0.29, 0.717) is 29.7 Å². The van der Waals surface area contributed by atoms with Crippen LogP contribution in [0.5, 0.6) is 0 Å². The van der Waals surface area contributed by atoms with Gasteiger partial charge in [0.25, 0.3) is 0 Å². The molecule has 1 N–H and O–H groups in total. The molecule has 1 aromatic carbocycles. The number of hydrogen-bond acceptors (Lipinski definition) is 4. The Labute approximate surface area is 134 Å². The number of halogens is 1. The topological polar surface area (TPSA) is 60.9 Å². The van der Waals surface area contributed by atoms with E-state index in [2.05, 4.69) is 20.8 Å². The van der Waals surface area contributed by atoms with E-state index in [0.717, 1.165) is 0 Å². The summed E-state index contributed by atoms with van der Waals surface area (Å²) in [5, 5.41) is 9.12. The van der Waals surface area contributed by atoms with Gasteiger partial charge in [-0.1, -0.05) is 6.07 Å². The van der Waals surface area contributed by atoms with Crippen LogP contribution in [0.1, 0.15) is 19.4 Å². The fourth-order valence-electron chi connectivity index (χ4n) is 2.39.